The molecule has 1 aromatic heterocycles. The number of fused-ring (bicyclic) bond motifs is 2. The van der Waals surface area contributed by atoms with Crippen LogP contribution in [0.25, 0.3) is 0 Å². The zero-order valence-electron chi connectivity index (χ0n) is 16.0. The molecule has 2 aliphatic rings. The van der Waals surface area contributed by atoms with Crippen molar-refractivity contribution in [2.45, 2.75) is 31.8 Å². The molecule has 1 fully saturated rings. The van der Waals surface area contributed by atoms with E-state index in [-0.39, 0.29) is 35.7 Å². The molecule has 150 valence electrons. The Morgan fingerprint density at radius 1 is 1.31 bits per heavy atom. The van der Waals surface area contributed by atoms with Gasteiger partial charge < -0.3 is 15.1 Å². The average molecular weight is 396 g/mol. The van der Waals surface area contributed by atoms with Gasteiger partial charge in [0.15, 0.2) is 0 Å². The average Bonchev–Trinajstić information content (AvgIpc) is 3.19. The molecule has 0 saturated carbocycles. The number of hydrogen-bond acceptors (Lipinski definition) is 4. The Balaban J connectivity index is 1.62. The number of carbonyl (C=O) groups is 3. The Bertz CT molecular complexity index is 966. The molecule has 0 spiro atoms. The predicted molar refractivity (Wildman–Crippen MR) is 104 cm³/mol. The summed E-state index contributed by atoms with van der Waals surface area (Å²) in [5.74, 6) is -1.65. The van der Waals surface area contributed by atoms with E-state index in [1.807, 2.05) is 6.07 Å². The number of rotatable bonds is 4. The number of halogens is 1. The van der Waals surface area contributed by atoms with Crippen molar-refractivity contribution in [1.82, 2.24) is 15.2 Å². The summed E-state index contributed by atoms with van der Waals surface area (Å²) in [4.78, 5) is 45.7. The van der Waals surface area contributed by atoms with Crippen molar-refractivity contribution in [1.29, 1.82) is 0 Å². The number of hydrogen-bond donors (Lipinski definition) is 1. The zero-order valence-corrected chi connectivity index (χ0v) is 16.0. The standard InChI is InChI=1S/C21H21FN4O3/c1-13(16-5-2-3-9-23-16)24-19(27)12-26-18-11-14(22)7-8-15(18)20(28)25-10-4-6-17(25)21(26)29/h2-3,5,7-9,11,13,17H,4,6,10,12H2,1H3,(H,24,27)/t13-,17+/m1/s1. The van der Waals surface area contributed by atoms with Gasteiger partial charge >= 0.3 is 0 Å². The van der Waals surface area contributed by atoms with Crippen molar-refractivity contribution >= 4 is 23.4 Å². The Hall–Kier alpha value is -3.29. The lowest BCUT2D eigenvalue weighted by atomic mass is 10.1. The highest BCUT2D eigenvalue weighted by Crippen LogP contribution is 2.32. The molecule has 2 aromatic rings. The topological polar surface area (TPSA) is 82.6 Å². The lowest BCUT2D eigenvalue weighted by Gasteiger charge is -2.26. The van der Waals surface area contributed by atoms with E-state index in [4.69, 9.17) is 0 Å². The molecule has 1 aromatic carbocycles. The van der Waals surface area contributed by atoms with Crippen LogP contribution in [0.4, 0.5) is 10.1 Å². The maximum absolute atomic E-state index is 13.9. The highest BCUT2D eigenvalue weighted by Gasteiger charge is 2.42. The van der Waals surface area contributed by atoms with Crippen LogP contribution in [-0.4, -0.2) is 46.7 Å². The number of benzene rings is 1. The van der Waals surface area contributed by atoms with Crippen molar-refractivity contribution in [3.8, 4) is 0 Å². The molecular formula is C21H21FN4O3. The van der Waals surface area contributed by atoms with Crippen molar-refractivity contribution in [3.05, 3.63) is 59.7 Å². The van der Waals surface area contributed by atoms with Crippen LogP contribution in [0.3, 0.4) is 0 Å². The van der Waals surface area contributed by atoms with Crippen molar-refractivity contribution in [2.75, 3.05) is 18.0 Å². The highest BCUT2D eigenvalue weighted by atomic mass is 19.1. The fourth-order valence-electron chi connectivity index (χ4n) is 3.93. The number of aromatic nitrogens is 1. The van der Waals surface area contributed by atoms with Crippen LogP contribution in [0.5, 0.6) is 0 Å². The smallest absolute Gasteiger partial charge is 0.256 e. The van der Waals surface area contributed by atoms with E-state index in [1.54, 1.807) is 25.3 Å². The lowest BCUT2D eigenvalue weighted by molar-refractivity contribution is -0.126. The summed E-state index contributed by atoms with van der Waals surface area (Å²) in [6, 6.07) is 8.12. The summed E-state index contributed by atoms with van der Waals surface area (Å²) in [6.45, 7) is 1.97. The molecule has 1 N–H and O–H groups in total. The van der Waals surface area contributed by atoms with E-state index in [0.717, 1.165) is 12.5 Å². The molecule has 2 atom stereocenters. The first-order valence-corrected chi connectivity index (χ1v) is 9.58. The minimum Gasteiger partial charge on any atom is -0.346 e. The normalized spacial score (nSPS) is 19.4. The minimum absolute atomic E-state index is 0.134. The van der Waals surface area contributed by atoms with Gasteiger partial charge in [-0.05, 0) is 50.1 Å². The van der Waals surface area contributed by atoms with Gasteiger partial charge in [-0.3, -0.25) is 19.4 Å². The van der Waals surface area contributed by atoms with Crippen LogP contribution in [0.15, 0.2) is 42.6 Å². The molecule has 3 heterocycles. The molecule has 0 bridgehead atoms. The van der Waals surface area contributed by atoms with Crippen molar-refractivity contribution in [2.24, 2.45) is 0 Å². The molecule has 4 rings (SSSR count). The van der Waals surface area contributed by atoms with Gasteiger partial charge in [-0.25, -0.2) is 4.39 Å². The third-order valence-corrected chi connectivity index (χ3v) is 5.36. The molecule has 2 aliphatic heterocycles. The van der Waals surface area contributed by atoms with Crippen LogP contribution >= 0.6 is 0 Å². The van der Waals surface area contributed by atoms with Gasteiger partial charge in [0.05, 0.1) is 23.0 Å². The molecule has 0 radical (unpaired) electrons. The Morgan fingerprint density at radius 2 is 2.14 bits per heavy atom. The molecule has 29 heavy (non-hydrogen) atoms. The molecule has 3 amide bonds. The second kappa shape index (κ2) is 7.62. The zero-order chi connectivity index (χ0) is 20.5. The first kappa shape index (κ1) is 19.0. The van der Waals surface area contributed by atoms with Gasteiger partial charge in [-0.15, -0.1) is 0 Å². The second-order valence-electron chi connectivity index (χ2n) is 7.29. The first-order valence-electron chi connectivity index (χ1n) is 9.58. The summed E-state index contributed by atoms with van der Waals surface area (Å²) in [7, 11) is 0. The predicted octanol–water partition coefficient (Wildman–Crippen LogP) is 2.05. The van der Waals surface area contributed by atoms with E-state index >= 15 is 0 Å². The summed E-state index contributed by atoms with van der Waals surface area (Å²) in [6.07, 6.45) is 2.88. The van der Waals surface area contributed by atoms with Gasteiger partial charge in [0.2, 0.25) is 11.8 Å². The molecule has 0 aliphatic carbocycles. The lowest BCUT2D eigenvalue weighted by Crippen LogP contribution is -2.48. The van der Waals surface area contributed by atoms with E-state index in [1.165, 1.54) is 21.9 Å². The number of amides is 3. The van der Waals surface area contributed by atoms with Crippen LogP contribution in [0.2, 0.25) is 0 Å². The molecule has 0 unspecified atom stereocenters. The molecule has 1 saturated heterocycles. The third-order valence-electron chi connectivity index (χ3n) is 5.36. The van der Waals surface area contributed by atoms with E-state index in [2.05, 4.69) is 10.3 Å². The third kappa shape index (κ3) is 3.57. The summed E-state index contributed by atoms with van der Waals surface area (Å²) in [5.41, 5.74) is 1.05. The summed E-state index contributed by atoms with van der Waals surface area (Å²) in [5, 5.41) is 2.81. The minimum atomic E-state index is -0.626. The van der Waals surface area contributed by atoms with Crippen LogP contribution in [0, 0.1) is 5.82 Å². The van der Waals surface area contributed by atoms with Gasteiger partial charge in [0.1, 0.15) is 18.4 Å². The Labute approximate surface area is 167 Å². The Kier molecular flexibility index (Phi) is 5.00. The maximum Gasteiger partial charge on any atom is 0.256 e. The maximum atomic E-state index is 13.9. The first-order chi connectivity index (χ1) is 14.0. The number of pyridine rings is 1. The molecule has 7 nitrogen and oxygen atoms in total. The number of nitrogens with zero attached hydrogens (tertiary/aromatic N) is 3. The van der Waals surface area contributed by atoms with Gasteiger partial charge in [0.25, 0.3) is 5.91 Å². The SMILES string of the molecule is C[C@@H](NC(=O)CN1C(=O)[C@@H]2CCCN2C(=O)c2ccc(F)cc21)c1ccccn1. The summed E-state index contributed by atoms with van der Waals surface area (Å²) < 4.78 is 13.9. The van der Waals surface area contributed by atoms with Crippen molar-refractivity contribution < 1.29 is 18.8 Å². The van der Waals surface area contributed by atoms with Crippen LogP contribution in [0.1, 0.15) is 41.9 Å². The monoisotopic (exact) mass is 396 g/mol. The Morgan fingerprint density at radius 3 is 2.90 bits per heavy atom. The largest absolute Gasteiger partial charge is 0.346 e. The van der Waals surface area contributed by atoms with E-state index in [9.17, 15) is 18.8 Å². The number of carbonyl (C=O) groups excluding carboxylic acids is 3. The fraction of sp³-hybridized carbons (Fsp3) is 0.333. The van der Waals surface area contributed by atoms with Gasteiger partial charge in [0, 0.05) is 12.7 Å². The van der Waals surface area contributed by atoms with Crippen LogP contribution < -0.4 is 10.2 Å². The van der Waals surface area contributed by atoms with Crippen LogP contribution in [-0.2, 0) is 9.59 Å². The number of anilines is 1. The fourth-order valence-corrected chi connectivity index (χ4v) is 3.93. The molecular weight excluding hydrogens is 375 g/mol. The van der Waals surface area contributed by atoms with E-state index < -0.39 is 17.8 Å². The van der Waals surface area contributed by atoms with Gasteiger partial charge in [-0.2, -0.15) is 0 Å². The van der Waals surface area contributed by atoms with Crippen molar-refractivity contribution in [3.63, 3.8) is 0 Å². The summed E-state index contributed by atoms with van der Waals surface area (Å²) >= 11 is 0. The quantitative estimate of drug-likeness (QED) is 0.858. The highest BCUT2D eigenvalue weighted by molar-refractivity contribution is 6.12. The molecule has 8 heteroatoms. The van der Waals surface area contributed by atoms with Gasteiger partial charge in [-0.1, -0.05) is 6.07 Å². The number of nitrogens with one attached hydrogen (secondary N) is 1. The second-order valence-corrected chi connectivity index (χ2v) is 7.29. The van der Waals surface area contributed by atoms with E-state index in [0.29, 0.717) is 18.7 Å².